The number of benzene rings is 6. The lowest BCUT2D eigenvalue weighted by Crippen LogP contribution is -2.06. The average molecular weight is 569 g/mol. The summed E-state index contributed by atoms with van der Waals surface area (Å²) in [6.07, 6.45) is 0. The molecule has 9 rings (SSSR count). The monoisotopic (exact) mass is 568 g/mol. The Bertz CT molecular complexity index is 2670. The number of hydrogen-bond donors (Lipinski definition) is 0. The highest BCUT2D eigenvalue weighted by atomic mass is 16.3. The Morgan fingerprint density at radius 2 is 1.11 bits per heavy atom. The van der Waals surface area contributed by atoms with Crippen molar-refractivity contribution in [3.8, 4) is 39.9 Å². The smallest absolute Gasteiger partial charge is 0.238 e. The van der Waals surface area contributed by atoms with Gasteiger partial charge in [0.1, 0.15) is 11.2 Å². The van der Waals surface area contributed by atoms with Gasteiger partial charge in [-0.05, 0) is 47.5 Å². The zero-order chi connectivity index (χ0) is 32.5. The molecule has 3 aromatic heterocycles. The van der Waals surface area contributed by atoms with Gasteiger partial charge in [0.25, 0.3) is 0 Å². The van der Waals surface area contributed by atoms with Crippen LogP contribution in [0.15, 0.2) is 150 Å². The molecule has 0 N–H and O–H groups in total. The fourth-order valence-electron chi connectivity index (χ4n) is 5.91. The Kier molecular flexibility index (Phi) is 4.60. The van der Waals surface area contributed by atoms with Gasteiger partial charge in [-0.1, -0.05) is 109 Å². The lowest BCUT2D eigenvalue weighted by Gasteiger charge is -2.11. The van der Waals surface area contributed by atoms with E-state index < -0.39 is 0 Å². The molecular formula is C39H24N4O. The SMILES string of the molecule is [2H]c1cc([2H])c2c(c1)c1cc([2H])cc([2H])c1n2-c1nc(-c2cccc(-c3ccccc3)c2)nc(-c2ccc3c(c2)oc2ccccc23)n1. The fourth-order valence-corrected chi connectivity index (χ4v) is 5.91. The van der Waals surface area contributed by atoms with Gasteiger partial charge in [-0.2, -0.15) is 9.97 Å². The largest absolute Gasteiger partial charge is 0.456 e. The highest BCUT2D eigenvalue weighted by Crippen LogP contribution is 2.35. The van der Waals surface area contributed by atoms with Crippen LogP contribution in [-0.2, 0) is 0 Å². The number of rotatable bonds is 4. The summed E-state index contributed by atoms with van der Waals surface area (Å²) < 4.78 is 42.4. The molecule has 44 heavy (non-hydrogen) atoms. The molecule has 206 valence electrons. The van der Waals surface area contributed by atoms with E-state index in [9.17, 15) is 0 Å². The van der Waals surface area contributed by atoms with E-state index in [1.165, 1.54) is 12.1 Å². The van der Waals surface area contributed by atoms with Crippen LogP contribution in [0.4, 0.5) is 0 Å². The minimum Gasteiger partial charge on any atom is -0.456 e. The predicted octanol–water partition coefficient (Wildman–Crippen LogP) is 9.87. The number of aromatic nitrogens is 4. The van der Waals surface area contributed by atoms with Crippen LogP contribution in [0.25, 0.3) is 83.6 Å². The lowest BCUT2D eigenvalue weighted by atomic mass is 10.0. The minimum atomic E-state index is 0.0953. The van der Waals surface area contributed by atoms with Gasteiger partial charge in [-0.15, -0.1) is 0 Å². The molecule has 9 aromatic rings. The molecule has 3 heterocycles. The van der Waals surface area contributed by atoms with Crippen molar-refractivity contribution in [3.63, 3.8) is 0 Å². The van der Waals surface area contributed by atoms with E-state index in [0.29, 0.717) is 44.6 Å². The molecule has 0 amide bonds. The summed E-state index contributed by atoms with van der Waals surface area (Å²) in [4.78, 5) is 14.9. The molecule has 5 nitrogen and oxygen atoms in total. The molecule has 0 unspecified atom stereocenters. The molecule has 0 aliphatic rings. The summed E-state index contributed by atoms with van der Waals surface area (Å²) in [6, 6.07) is 38.7. The Hall–Kier alpha value is -6.07. The summed E-state index contributed by atoms with van der Waals surface area (Å²) in [5.74, 6) is 1.03. The van der Waals surface area contributed by atoms with Crippen LogP contribution in [-0.4, -0.2) is 19.5 Å². The molecular weight excluding hydrogens is 540 g/mol. The van der Waals surface area contributed by atoms with E-state index >= 15 is 0 Å². The molecule has 0 spiro atoms. The van der Waals surface area contributed by atoms with Gasteiger partial charge >= 0.3 is 0 Å². The first kappa shape index (κ1) is 20.8. The quantitative estimate of drug-likeness (QED) is 0.212. The summed E-state index contributed by atoms with van der Waals surface area (Å²) in [5, 5.41) is 3.18. The average Bonchev–Trinajstić information content (AvgIpc) is 3.64. The highest BCUT2D eigenvalue weighted by Gasteiger charge is 2.18. The number of hydrogen-bond acceptors (Lipinski definition) is 4. The van der Waals surface area contributed by atoms with Gasteiger partial charge < -0.3 is 4.42 Å². The van der Waals surface area contributed by atoms with Crippen molar-refractivity contribution in [2.45, 2.75) is 0 Å². The van der Waals surface area contributed by atoms with Crippen LogP contribution < -0.4 is 0 Å². The summed E-state index contributed by atoms with van der Waals surface area (Å²) in [5.41, 5.74) is 5.94. The van der Waals surface area contributed by atoms with E-state index in [0.717, 1.165) is 33.0 Å². The molecule has 0 saturated carbocycles. The third-order valence-corrected chi connectivity index (χ3v) is 7.98. The van der Waals surface area contributed by atoms with Crippen molar-refractivity contribution < 1.29 is 9.90 Å². The zero-order valence-corrected chi connectivity index (χ0v) is 23.2. The third kappa shape index (κ3) is 3.91. The molecule has 0 radical (unpaired) electrons. The predicted molar refractivity (Wildman–Crippen MR) is 178 cm³/mol. The number of fused-ring (bicyclic) bond motifs is 6. The van der Waals surface area contributed by atoms with Gasteiger partial charge in [0, 0.05) is 32.7 Å². The van der Waals surface area contributed by atoms with Gasteiger partial charge in [-0.3, -0.25) is 4.57 Å². The van der Waals surface area contributed by atoms with Crippen molar-refractivity contribution >= 4 is 43.7 Å². The van der Waals surface area contributed by atoms with Crippen molar-refractivity contribution in [2.75, 3.05) is 0 Å². The van der Waals surface area contributed by atoms with Crippen LogP contribution in [0.3, 0.4) is 0 Å². The van der Waals surface area contributed by atoms with E-state index in [-0.39, 0.29) is 30.1 Å². The van der Waals surface area contributed by atoms with Gasteiger partial charge in [-0.25, -0.2) is 4.98 Å². The Labute approximate surface area is 258 Å². The molecule has 0 saturated heterocycles. The summed E-state index contributed by atoms with van der Waals surface area (Å²) in [6.45, 7) is 0. The van der Waals surface area contributed by atoms with Crippen LogP contribution in [0.2, 0.25) is 0 Å². The van der Waals surface area contributed by atoms with Crippen LogP contribution in [0.1, 0.15) is 5.48 Å². The molecule has 0 bridgehead atoms. The van der Waals surface area contributed by atoms with E-state index in [4.69, 9.17) is 24.9 Å². The molecule has 0 fully saturated rings. The van der Waals surface area contributed by atoms with Gasteiger partial charge in [0.05, 0.1) is 16.5 Å². The summed E-state index contributed by atoms with van der Waals surface area (Å²) >= 11 is 0. The second kappa shape index (κ2) is 9.75. The van der Waals surface area contributed by atoms with Crippen molar-refractivity contribution in [1.82, 2.24) is 19.5 Å². The van der Waals surface area contributed by atoms with E-state index in [2.05, 4.69) is 12.1 Å². The van der Waals surface area contributed by atoms with Crippen LogP contribution in [0.5, 0.6) is 0 Å². The van der Waals surface area contributed by atoms with Crippen molar-refractivity contribution in [3.05, 3.63) is 145 Å². The zero-order valence-electron chi connectivity index (χ0n) is 27.2. The maximum atomic E-state index is 8.92. The standard InChI is InChI=1S/C39H24N4O/c1-2-11-25(12-3-1)26-13-10-14-27(23-26)37-40-38(28-21-22-32-31-17-6-9-20-35(31)44-36(32)24-28)42-39(41-37)43-33-18-7-4-15-29(33)30-16-5-8-19-34(30)43/h1-24H/i4D,5D,18D,19D. The Morgan fingerprint density at radius 3 is 1.89 bits per heavy atom. The minimum absolute atomic E-state index is 0.0953. The van der Waals surface area contributed by atoms with Crippen LogP contribution >= 0.6 is 0 Å². The van der Waals surface area contributed by atoms with Crippen molar-refractivity contribution in [1.29, 1.82) is 0 Å². The highest BCUT2D eigenvalue weighted by molar-refractivity contribution is 6.09. The fraction of sp³-hybridized carbons (Fsp3) is 0. The normalized spacial score (nSPS) is 12.9. The van der Waals surface area contributed by atoms with Gasteiger partial charge in [0.2, 0.25) is 5.95 Å². The first-order valence-electron chi connectivity index (χ1n) is 16.3. The molecule has 6 aromatic carbocycles. The molecule has 5 heteroatoms. The second-order valence-corrected chi connectivity index (χ2v) is 10.6. The first-order chi connectivity index (χ1) is 23.4. The number of furan rings is 1. The maximum Gasteiger partial charge on any atom is 0.238 e. The molecule has 0 aliphatic heterocycles. The first-order valence-corrected chi connectivity index (χ1v) is 14.3. The topological polar surface area (TPSA) is 56.7 Å². The third-order valence-electron chi connectivity index (χ3n) is 7.98. The van der Waals surface area contributed by atoms with E-state index in [1.807, 2.05) is 84.9 Å². The second-order valence-electron chi connectivity index (χ2n) is 10.6. The lowest BCUT2D eigenvalue weighted by molar-refractivity contribution is 0.669. The van der Waals surface area contributed by atoms with Crippen molar-refractivity contribution in [2.24, 2.45) is 0 Å². The van der Waals surface area contributed by atoms with E-state index in [1.54, 1.807) is 16.7 Å². The Balaban J connectivity index is 1.34. The maximum absolute atomic E-state index is 8.92. The summed E-state index contributed by atoms with van der Waals surface area (Å²) in [7, 11) is 0. The Morgan fingerprint density at radius 1 is 0.477 bits per heavy atom. The number of nitrogens with zero attached hydrogens (tertiary/aromatic N) is 4. The number of para-hydroxylation sites is 3. The van der Waals surface area contributed by atoms with Gasteiger partial charge in [0.15, 0.2) is 11.6 Å². The molecule has 0 atom stereocenters. The van der Waals surface area contributed by atoms with Crippen LogP contribution in [0, 0.1) is 0 Å². The molecule has 0 aliphatic carbocycles.